The molecule has 0 N–H and O–H groups in total. The molecule has 2 aliphatic rings. The summed E-state index contributed by atoms with van der Waals surface area (Å²) in [6.45, 7) is 4.56. The minimum Gasteiger partial charge on any atom is -0.0850 e. The van der Waals surface area contributed by atoms with E-state index < -0.39 is 0 Å². The predicted octanol–water partition coefficient (Wildman–Crippen LogP) is 9.08. The minimum atomic E-state index is 0.977. The molecule has 1 saturated carbocycles. The van der Waals surface area contributed by atoms with Gasteiger partial charge in [-0.25, -0.2) is 0 Å². The van der Waals surface area contributed by atoms with Gasteiger partial charge in [0.25, 0.3) is 0 Å². The van der Waals surface area contributed by atoms with Crippen LogP contribution in [-0.2, 0) is 12.8 Å². The SMILES string of the molecule is CCCCCC1CCC(CCC2CC=C(CCc3ccc(CC)cc3)CC2)CC1. The van der Waals surface area contributed by atoms with E-state index in [-0.39, 0.29) is 0 Å². The van der Waals surface area contributed by atoms with Crippen molar-refractivity contribution in [1.29, 1.82) is 0 Å². The van der Waals surface area contributed by atoms with Crippen molar-refractivity contribution in [3.8, 4) is 0 Å². The van der Waals surface area contributed by atoms with Crippen molar-refractivity contribution in [3.63, 3.8) is 0 Å². The molecule has 0 aromatic heterocycles. The molecule has 0 aliphatic heterocycles. The van der Waals surface area contributed by atoms with Gasteiger partial charge in [-0.1, -0.05) is 108 Å². The first-order valence-corrected chi connectivity index (χ1v) is 13.0. The van der Waals surface area contributed by atoms with Crippen molar-refractivity contribution in [3.05, 3.63) is 47.0 Å². The maximum atomic E-state index is 2.61. The van der Waals surface area contributed by atoms with Crippen LogP contribution in [-0.4, -0.2) is 0 Å². The van der Waals surface area contributed by atoms with Gasteiger partial charge in [-0.2, -0.15) is 0 Å². The van der Waals surface area contributed by atoms with Gasteiger partial charge in [0, 0.05) is 0 Å². The number of aryl methyl sites for hydroxylation is 2. The zero-order chi connectivity index (χ0) is 20.3. The second-order valence-corrected chi connectivity index (χ2v) is 10.1. The van der Waals surface area contributed by atoms with Crippen molar-refractivity contribution in [2.45, 2.75) is 117 Å². The van der Waals surface area contributed by atoms with E-state index >= 15 is 0 Å². The lowest BCUT2D eigenvalue weighted by Crippen LogP contribution is -2.16. The van der Waals surface area contributed by atoms with Crippen LogP contribution < -0.4 is 0 Å². The lowest BCUT2D eigenvalue weighted by Gasteiger charge is -2.30. The van der Waals surface area contributed by atoms with Gasteiger partial charge in [-0.3, -0.25) is 0 Å². The summed E-state index contributed by atoms with van der Waals surface area (Å²) >= 11 is 0. The molecule has 0 bridgehead atoms. The summed E-state index contributed by atoms with van der Waals surface area (Å²) in [7, 11) is 0. The lowest BCUT2D eigenvalue weighted by atomic mass is 9.76. The molecule has 1 aromatic carbocycles. The zero-order valence-corrected chi connectivity index (χ0v) is 19.4. The van der Waals surface area contributed by atoms with Crippen LogP contribution in [0.3, 0.4) is 0 Å². The summed E-state index contributed by atoms with van der Waals surface area (Å²) in [4.78, 5) is 0. The largest absolute Gasteiger partial charge is 0.0850 e. The Labute approximate surface area is 181 Å². The van der Waals surface area contributed by atoms with Crippen LogP contribution in [0.1, 0.15) is 115 Å². The molecule has 3 rings (SSSR count). The third-order valence-electron chi connectivity index (χ3n) is 7.94. The molecule has 0 nitrogen and oxygen atoms in total. The first kappa shape index (κ1) is 22.6. The highest BCUT2D eigenvalue weighted by atomic mass is 14.3. The van der Waals surface area contributed by atoms with Gasteiger partial charge in [0.1, 0.15) is 0 Å². The number of allylic oxidation sites excluding steroid dienone is 2. The van der Waals surface area contributed by atoms with E-state index in [0.717, 1.165) is 24.2 Å². The average molecular weight is 395 g/mol. The summed E-state index contributed by atoms with van der Waals surface area (Å²) < 4.78 is 0. The van der Waals surface area contributed by atoms with Crippen molar-refractivity contribution < 1.29 is 0 Å². The molecular weight excluding hydrogens is 348 g/mol. The summed E-state index contributed by atoms with van der Waals surface area (Å²) in [5.74, 6) is 3.09. The molecule has 2 aliphatic carbocycles. The third-order valence-corrected chi connectivity index (χ3v) is 7.94. The number of hydrogen-bond donors (Lipinski definition) is 0. The number of hydrogen-bond acceptors (Lipinski definition) is 0. The van der Waals surface area contributed by atoms with E-state index in [0.29, 0.717) is 0 Å². The number of unbranched alkanes of at least 4 members (excludes halogenated alkanes) is 2. The maximum absolute atomic E-state index is 2.61. The fourth-order valence-electron chi connectivity index (χ4n) is 5.64. The Bertz CT molecular complexity index is 585. The Morgan fingerprint density at radius 3 is 1.97 bits per heavy atom. The van der Waals surface area contributed by atoms with Crippen LogP contribution >= 0.6 is 0 Å². The van der Waals surface area contributed by atoms with Crippen LogP contribution in [0, 0.1) is 17.8 Å². The van der Waals surface area contributed by atoms with Gasteiger partial charge in [0.2, 0.25) is 0 Å². The second kappa shape index (κ2) is 12.6. The van der Waals surface area contributed by atoms with Crippen LogP contribution in [0.4, 0.5) is 0 Å². The average Bonchev–Trinajstić information content (AvgIpc) is 2.78. The normalized spacial score (nSPS) is 25.0. The predicted molar refractivity (Wildman–Crippen MR) is 128 cm³/mol. The smallest absolute Gasteiger partial charge is 0.0241 e. The van der Waals surface area contributed by atoms with Crippen molar-refractivity contribution in [1.82, 2.24) is 0 Å². The molecule has 1 aromatic rings. The highest BCUT2D eigenvalue weighted by molar-refractivity contribution is 5.23. The van der Waals surface area contributed by atoms with Crippen LogP contribution in [0.15, 0.2) is 35.9 Å². The summed E-state index contributed by atoms with van der Waals surface area (Å²) in [5.41, 5.74) is 4.70. The molecule has 0 radical (unpaired) electrons. The van der Waals surface area contributed by atoms with Gasteiger partial charge in [-0.05, 0) is 73.8 Å². The van der Waals surface area contributed by atoms with Crippen LogP contribution in [0.5, 0.6) is 0 Å². The highest BCUT2D eigenvalue weighted by Crippen LogP contribution is 2.37. The van der Waals surface area contributed by atoms with Gasteiger partial charge in [-0.15, -0.1) is 0 Å². The number of rotatable bonds is 11. The fraction of sp³-hybridized carbons (Fsp3) is 0.724. The molecule has 0 amide bonds. The first-order chi connectivity index (χ1) is 14.3. The maximum Gasteiger partial charge on any atom is -0.0241 e. The Morgan fingerprint density at radius 2 is 1.34 bits per heavy atom. The topological polar surface area (TPSA) is 0 Å². The van der Waals surface area contributed by atoms with Crippen molar-refractivity contribution in [2.75, 3.05) is 0 Å². The van der Waals surface area contributed by atoms with Gasteiger partial charge < -0.3 is 0 Å². The quantitative estimate of drug-likeness (QED) is 0.259. The Hall–Kier alpha value is -1.04. The van der Waals surface area contributed by atoms with Gasteiger partial charge in [0.05, 0.1) is 0 Å². The third kappa shape index (κ3) is 7.95. The molecule has 0 heteroatoms. The minimum absolute atomic E-state index is 0.977. The molecule has 1 unspecified atom stereocenters. The second-order valence-electron chi connectivity index (χ2n) is 10.1. The fourth-order valence-corrected chi connectivity index (χ4v) is 5.64. The lowest BCUT2D eigenvalue weighted by molar-refractivity contribution is 0.234. The standard InChI is InChI=1S/C29H46/c1-3-5-6-7-25-12-14-27(15-13-25)18-19-29-22-20-28(21-23-29)17-16-26-10-8-24(4-2)9-11-26/h8-11,20,25,27,29H,3-7,12-19,21-23H2,1-2H3. The first-order valence-electron chi connectivity index (χ1n) is 13.0. The zero-order valence-electron chi connectivity index (χ0n) is 19.4. The van der Waals surface area contributed by atoms with Crippen LogP contribution in [0.25, 0.3) is 0 Å². The van der Waals surface area contributed by atoms with Gasteiger partial charge in [0.15, 0.2) is 0 Å². The van der Waals surface area contributed by atoms with E-state index in [9.17, 15) is 0 Å². The summed E-state index contributed by atoms with van der Waals surface area (Å²) in [6, 6.07) is 9.28. The monoisotopic (exact) mass is 394 g/mol. The van der Waals surface area contributed by atoms with Crippen molar-refractivity contribution in [2.24, 2.45) is 17.8 Å². The molecule has 0 saturated heterocycles. The van der Waals surface area contributed by atoms with E-state index in [2.05, 4.69) is 44.2 Å². The molecule has 1 fully saturated rings. The van der Waals surface area contributed by atoms with E-state index in [1.807, 2.05) is 0 Å². The van der Waals surface area contributed by atoms with E-state index in [4.69, 9.17) is 0 Å². The van der Waals surface area contributed by atoms with E-state index in [1.165, 1.54) is 107 Å². The van der Waals surface area contributed by atoms with E-state index in [1.54, 1.807) is 5.57 Å². The van der Waals surface area contributed by atoms with Gasteiger partial charge >= 0.3 is 0 Å². The Balaban J connectivity index is 1.29. The Kier molecular flexibility index (Phi) is 9.84. The molecule has 29 heavy (non-hydrogen) atoms. The number of benzene rings is 1. The van der Waals surface area contributed by atoms with Crippen LogP contribution in [0.2, 0.25) is 0 Å². The molecule has 162 valence electrons. The van der Waals surface area contributed by atoms with Crippen molar-refractivity contribution >= 4 is 0 Å². The Morgan fingerprint density at radius 1 is 0.690 bits per heavy atom. The molecule has 0 spiro atoms. The summed E-state index contributed by atoms with van der Waals surface area (Å²) in [6.07, 6.45) is 25.4. The molecular formula is C29H46. The molecule has 0 heterocycles. The molecule has 1 atom stereocenters. The summed E-state index contributed by atoms with van der Waals surface area (Å²) in [5, 5.41) is 0. The highest BCUT2D eigenvalue weighted by Gasteiger charge is 2.22.